The molecule has 0 aliphatic rings. The number of carboxylic acid groups (broad SMARTS) is 1. The highest BCUT2D eigenvalue weighted by molar-refractivity contribution is 6.30. The molecule has 0 saturated heterocycles. The molecule has 36 heavy (non-hydrogen) atoms. The summed E-state index contributed by atoms with van der Waals surface area (Å²) in [5.41, 5.74) is 3.06. The quantitative estimate of drug-likeness (QED) is 0.235. The molecule has 4 aromatic carbocycles. The topological polar surface area (TPSA) is 65.0 Å². The fourth-order valence-electron chi connectivity index (χ4n) is 3.84. The number of carbonyl (C=O) groups is 1. The predicted molar refractivity (Wildman–Crippen MR) is 141 cm³/mol. The molecule has 0 atom stereocenters. The lowest BCUT2D eigenvalue weighted by molar-refractivity contribution is -0.136. The molecular weight excluding hydrogens is 476 g/mol. The van der Waals surface area contributed by atoms with E-state index in [0.29, 0.717) is 45.9 Å². The third-order valence-corrected chi connectivity index (χ3v) is 5.77. The van der Waals surface area contributed by atoms with Gasteiger partial charge in [0.2, 0.25) is 0 Å². The molecule has 0 spiro atoms. The van der Waals surface area contributed by atoms with E-state index in [9.17, 15) is 4.79 Å². The van der Waals surface area contributed by atoms with Crippen molar-refractivity contribution in [3.05, 3.63) is 107 Å². The van der Waals surface area contributed by atoms with E-state index in [1.807, 2.05) is 80.6 Å². The molecule has 0 heterocycles. The van der Waals surface area contributed by atoms with Gasteiger partial charge in [-0.3, -0.25) is 4.79 Å². The molecule has 0 saturated carbocycles. The van der Waals surface area contributed by atoms with E-state index in [4.69, 9.17) is 30.9 Å². The van der Waals surface area contributed by atoms with Gasteiger partial charge in [0.25, 0.3) is 0 Å². The molecule has 0 aromatic heterocycles. The smallest absolute Gasteiger partial charge is 0.303 e. The molecular formula is C30H27ClO5. The summed E-state index contributed by atoms with van der Waals surface area (Å²) in [6.07, 6.45) is 1.39. The maximum Gasteiger partial charge on any atom is 0.303 e. The number of hydrogen-bond acceptors (Lipinski definition) is 4. The third-order valence-electron chi connectivity index (χ3n) is 5.53. The molecule has 0 aliphatic carbocycles. The van der Waals surface area contributed by atoms with Crippen LogP contribution in [0.1, 0.15) is 30.0 Å². The minimum absolute atomic E-state index is 0.104. The number of para-hydroxylation sites is 1. The van der Waals surface area contributed by atoms with Crippen molar-refractivity contribution in [3.8, 4) is 34.5 Å². The van der Waals surface area contributed by atoms with Crippen LogP contribution in [0.3, 0.4) is 0 Å². The number of aliphatic carboxylic acids is 1. The van der Waals surface area contributed by atoms with Crippen LogP contribution >= 0.6 is 11.6 Å². The monoisotopic (exact) mass is 502 g/mol. The highest BCUT2D eigenvalue weighted by Gasteiger charge is 2.12. The summed E-state index contributed by atoms with van der Waals surface area (Å²) in [4.78, 5) is 11.0. The van der Waals surface area contributed by atoms with Crippen molar-refractivity contribution in [3.63, 3.8) is 0 Å². The number of halogens is 1. The summed E-state index contributed by atoms with van der Waals surface area (Å²) >= 11 is 6.21. The third kappa shape index (κ3) is 6.80. The zero-order valence-electron chi connectivity index (χ0n) is 20.2. The standard InChI is InChI=1S/C30H27ClO5/c1-3-21-17-25(12-9-22(21)10-14-30(32)33)34-26-15-20(2)16-27(19-26)36-28-13-11-23(31)18-29(28)35-24-7-5-4-6-8-24/h4-9,11-13,15-19H,3,10,14H2,1-2H3,(H,32,33). The highest BCUT2D eigenvalue weighted by atomic mass is 35.5. The second-order valence-electron chi connectivity index (χ2n) is 8.37. The lowest BCUT2D eigenvalue weighted by Gasteiger charge is -2.15. The van der Waals surface area contributed by atoms with Crippen molar-refractivity contribution in [1.29, 1.82) is 0 Å². The summed E-state index contributed by atoms with van der Waals surface area (Å²) in [5, 5.41) is 9.54. The van der Waals surface area contributed by atoms with Crippen LogP contribution in [0.15, 0.2) is 84.9 Å². The molecule has 6 heteroatoms. The minimum atomic E-state index is -0.803. The first-order valence-electron chi connectivity index (χ1n) is 11.7. The Kier molecular flexibility index (Phi) is 8.13. The van der Waals surface area contributed by atoms with E-state index in [1.54, 1.807) is 18.2 Å². The van der Waals surface area contributed by atoms with Crippen molar-refractivity contribution in [2.24, 2.45) is 0 Å². The van der Waals surface area contributed by atoms with Gasteiger partial charge >= 0.3 is 5.97 Å². The number of hydrogen-bond donors (Lipinski definition) is 1. The Labute approximate surface area is 215 Å². The van der Waals surface area contributed by atoms with Gasteiger partial charge in [-0.25, -0.2) is 0 Å². The van der Waals surface area contributed by atoms with Crippen LogP contribution in [-0.4, -0.2) is 11.1 Å². The first kappa shape index (κ1) is 25.1. The SMILES string of the molecule is CCc1cc(Oc2cc(C)cc(Oc3ccc(Cl)cc3Oc3ccccc3)c2)ccc1CCC(=O)O. The maximum absolute atomic E-state index is 11.0. The first-order valence-corrected chi connectivity index (χ1v) is 12.1. The number of aryl methyl sites for hydroxylation is 3. The summed E-state index contributed by atoms with van der Waals surface area (Å²) in [6, 6.07) is 26.1. The highest BCUT2D eigenvalue weighted by Crippen LogP contribution is 2.38. The Bertz CT molecular complexity index is 1350. The van der Waals surface area contributed by atoms with Crippen LogP contribution < -0.4 is 14.2 Å². The number of carboxylic acids is 1. The normalized spacial score (nSPS) is 10.6. The van der Waals surface area contributed by atoms with Gasteiger partial charge in [-0.2, -0.15) is 0 Å². The van der Waals surface area contributed by atoms with Crippen LogP contribution in [-0.2, 0) is 17.6 Å². The molecule has 0 bridgehead atoms. The Morgan fingerprint density at radius 3 is 2.19 bits per heavy atom. The average Bonchev–Trinajstić information content (AvgIpc) is 2.85. The molecule has 4 rings (SSSR count). The van der Waals surface area contributed by atoms with E-state index < -0.39 is 5.97 Å². The van der Waals surface area contributed by atoms with E-state index in [1.165, 1.54) is 0 Å². The molecule has 0 fully saturated rings. The summed E-state index contributed by atoms with van der Waals surface area (Å²) in [6.45, 7) is 4.01. The second kappa shape index (κ2) is 11.6. The number of ether oxygens (including phenoxy) is 3. The summed E-state index contributed by atoms with van der Waals surface area (Å²) in [5.74, 6) is 2.81. The van der Waals surface area contributed by atoms with Crippen LogP contribution in [0.2, 0.25) is 5.02 Å². The summed E-state index contributed by atoms with van der Waals surface area (Å²) in [7, 11) is 0. The minimum Gasteiger partial charge on any atom is -0.481 e. The largest absolute Gasteiger partial charge is 0.481 e. The fraction of sp³-hybridized carbons (Fsp3) is 0.167. The van der Waals surface area contributed by atoms with Crippen molar-refractivity contribution in [1.82, 2.24) is 0 Å². The van der Waals surface area contributed by atoms with Crippen molar-refractivity contribution < 1.29 is 24.1 Å². The Morgan fingerprint density at radius 1 is 0.750 bits per heavy atom. The Balaban J connectivity index is 1.55. The molecule has 5 nitrogen and oxygen atoms in total. The molecule has 184 valence electrons. The predicted octanol–water partition coefficient (Wildman–Crippen LogP) is 8.60. The van der Waals surface area contributed by atoms with E-state index >= 15 is 0 Å². The summed E-state index contributed by atoms with van der Waals surface area (Å²) < 4.78 is 18.4. The van der Waals surface area contributed by atoms with E-state index in [2.05, 4.69) is 0 Å². The van der Waals surface area contributed by atoms with Crippen molar-refractivity contribution >= 4 is 17.6 Å². The van der Waals surface area contributed by atoms with Gasteiger partial charge in [0.15, 0.2) is 11.5 Å². The van der Waals surface area contributed by atoms with Gasteiger partial charge in [0.05, 0.1) is 0 Å². The Morgan fingerprint density at radius 2 is 1.47 bits per heavy atom. The molecule has 4 aromatic rings. The molecule has 0 radical (unpaired) electrons. The lowest BCUT2D eigenvalue weighted by Crippen LogP contribution is -2.00. The Hall–Kier alpha value is -3.96. The number of benzene rings is 4. The average molecular weight is 503 g/mol. The zero-order chi connectivity index (χ0) is 25.5. The van der Waals surface area contributed by atoms with Crippen LogP contribution in [0, 0.1) is 6.92 Å². The van der Waals surface area contributed by atoms with Gasteiger partial charge in [0, 0.05) is 23.6 Å². The number of rotatable bonds is 10. The van der Waals surface area contributed by atoms with E-state index in [0.717, 1.165) is 23.1 Å². The van der Waals surface area contributed by atoms with Crippen LogP contribution in [0.5, 0.6) is 34.5 Å². The second-order valence-corrected chi connectivity index (χ2v) is 8.81. The molecule has 0 aliphatic heterocycles. The fourth-order valence-corrected chi connectivity index (χ4v) is 4.00. The molecule has 0 unspecified atom stereocenters. The van der Waals surface area contributed by atoms with Gasteiger partial charge in [-0.15, -0.1) is 0 Å². The molecule has 0 amide bonds. The first-order chi connectivity index (χ1) is 17.4. The van der Waals surface area contributed by atoms with Gasteiger partial charge < -0.3 is 19.3 Å². The van der Waals surface area contributed by atoms with Crippen LogP contribution in [0.25, 0.3) is 0 Å². The van der Waals surface area contributed by atoms with Crippen LogP contribution in [0.4, 0.5) is 0 Å². The van der Waals surface area contributed by atoms with Gasteiger partial charge in [0.1, 0.15) is 23.0 Å². The molecule has 1 N–H and O–H groups in total. The zero-order valence-corrected chi connectivity index (χ0v) is 20.9. The maximum atomic E-state index is 11.0. The van der Waals surface area contributed by atoms with Gasteiger partial charge in [-0.1, -0.05) is 42.8 Å². The van der Waals surface area contributed by atoms with Crippen molar-refractivity contribution in [2.45, 2.75) is 33.1 Å². The van der Waals surface area contributed by atoms with Crippen molar-refractivity contribution in [2.75, 3.05) is 0 Å². The lowest BCUT2D eigenvalue weighted by atomic mass is 10.0. The van der Waals surface area contributed by atoms with Gasteiger partial charge in [-0.05, 0) is 85.0 Å². The van der Waals surface area contributed by atoms with E-state index in [-0.39, 0.29) is 6.42 Å².